The van der Waals surface area contributed by atoms with E-state index in [1.807, 2.05) is 31.2 Å². The average Bonchev–Trinajstić information content (AvgIpc) is 3.48. The minimum atomic E-state index is -0.280. The third-order valence-corrected chi connectivity index (χ3v) is 6.84. The van der Waals surface area contributed by atoms with Crippen molar-refractivity contribution in [1.29, 1.82) is 0 Å². The molecule has 2 aliphatic rings. The molecule has 0 aliphatic heterocycles. The predicted octanol–water partition coefficient (Wildman–Crippen LogP) is 3.91. The van der Waals surface area contributed by atoms with Gasteiger partial charge in [0.25, 0.3) is 5.56 Å². The Balaban J connectivity index is 1.56. The van der Waals surface area contributed by atoms with Crippen LogP contribution in [0.25, 0.3) is 10.9 Å². The number of rotatable bonds is 5. The van der Waals surface area contributed by atoms with Gasteiger partial charge in [-0.25, -0.2) is 4.98 Å². The molecule has 0 spiro atoms. The van der Waals surface area contributed by atoms with Crippen LogP contribution in [0.15, 0.2) is 34.2 Å². The number of nitrogens with one attached hydrogen (secondary N) is 1. The Morgan fingerprint density at radius 1 is 1.22 bits per heavy atom. The van der Waals surface area contributed by atoms with E-state index in [-0.39, 0.29) is 28.8 Å². The number of benzene rings is 1. The molecule has 4 rings (SSSR count). The Hall–Kier alpha value is -1.82. The van der Waals surface area contributed by atoms with Gasteiger partial charge in [-0.2, -0.15) is 0 Å². The lowest BCUT2D eigenvalue weighted by molar-refractivity contribution is -0.121. The number of carbonyl (C=O) groups excluding carboxylic acids is 1. The average molecular weight is 386 g/mol. The van der Waals surface area contributed by atoms with E-state index in [0.29, 0.717) is 22.0 Å². The van der Waals surface area contributed by atoms with Crippen LogP contribution in [-0.2, 0) is 4.79 Å². The highest BCUT2D eigenvalue weighted by Crippen LogP contribution is 2.37. The number of nitrogens with zero attached hydrogens (tertiary/aromatic N) is 2. The quantitative estimate of drug-likeness (QED) is 0.626. The molecule has 1 amide bonds. The molecule has 0 unspecified atom stereocenters. The van der Waals surface area contributed by atoms with Gasteiger partial charge in [0.05, 0.1) is 16.2 Å². The van der Waals surface area contributed by atoms with Crippen LogP contribution < -0.4 is 10.9 Å². The molecule has 2 fully saturated rings. The van der Waals surface area contributed by atoms with Crippen LogP contribution in [0.4, 0.5) is 0 Å². The van der Waals surface area contributed by atoms with Crippen LogP contribution in [0.2, 0.25) is 0 Å². The zero-order valence-corrected chi connectivity index (χ0v) is 16.8. The number of hydrogen-bond acceptors (Lipinski definition) is 4. The summed E-state index contributed by atoms with van der Waals surface area (Å²) < 4.78 is 1.81. The monoisotopic (exact) mass is 385 g/mol. The molecular formula is C21H27N3O2S. The summed E-state index contributed by atoms with van der Waals surface area (Å²) in [7, 11) is 0. The van der Waals surface area contributed by atoms with Gasteiger partial charge in [-0.1, -0.05) is 43.7 Å². The number of para-hydroxylation sites is 1. The van der Waals surface area contributed by atoms with Crippen LogP contribution in [0.5, 0.6) is 0 Å². The second-order valence-corrected chi connectivity index (χ2v) is 9.26. The van der Waals surface area contributed by atoms with Crippen molar-refractivity contribution in [3.63, 3.8) is 0 Å². The van der Waals surface area contributed by atoms with E-state index in [2.05, 4.69) is 12.2 Å². The highest BCUT2D eigenvalue weighted by Gasteiger charge is 2.31. The first-order valence-corrected chi connectivity index (χ1v) is 10.9. The van der Waals surface area contributed by atoms with E-state index in [1.54, 1.807) is 4.57 Å². The zero-order chi connectivity index (χ0) is 19.0. The van der Waals surface area contributed by atoms with Gasteiger partial charge < -0.3 is 5.32 Å². The number of thioether (sulfide) groups is 1. The molecule has 2 saturated carbocycles. The lowest BCUT2D eigenvalue weighted by Gasteiger charge is -2.30. The third-order valence-electron chi connectivity index (χ3n) is 5.78. The summed E-state index contributed by atoms with van der Waals surface area (Å²) in [6.07, 6.45) is 6.70. The van der Waals surface area contributed by atoms with Crippen molar-refractivity contribution in [2.75, 3.05) is 0 Å². The molecule has 0 saturated heterocycles. The van der Waals surface area contributed by atoms with E-state index in [4.69, 9.17) is 4.98 Å². The lowest BCUT2D eigenvalue weighted by Crippen LogP contribution is -2.44. The first-order valence-electron chi connectivity index (χ1n) is 10.0. The third kappa shape index (κ3) is 3.91. The molecular weight excluding hydrogens is 358 g/mol. The SMILES string of the molecule is C[C@@H]1CCCC[C@H]1NC(=O)[C@@H](C)Sc1nc2ccccc2c(=O)n1C1CC1. The molecule has 0 bridgehead atoms. The van der Waals surface area contributed by atoms with Crippen molar-refractivity contribution in [3.05, 3.63) is 34.6 Å². The van der Waals surface area contributed by atoms with Gasteiger partial charge in [-0.15, -0.1) is 0 Å². The standard InChI is InChI=1S/C21H27N3O2S/c1-13-7-3-5-9-17(13)22-19(25)14(2)27-21-23-18-10-6-4-8-16(18)20(26)24(21)15-11-12-15/h4,6,8,10,13-15,17H,3,5,7,9,11-12H2,1-2H3,(H,22,25)/t13-,14-,17-/m1/s1. The fourth-order valence-corrected chi connectivity index (χ4v) is 4.89. The van der Waals surface area contributed by atoms with Crippen LogP contribution in [0.1, 0.15) is 58.4 Å². The van der Waals surface area contributed by atoms with E-state index >= 15 is 0 Å². The van der Waals surface area contributed by atoms with Crippen molar-refractivity contribution < 1.29 is 4.79 Å². The molecule has 0 radical (unpaired) electrons. The van der Waals surface area contributed by atoms with Gasteiger partial charge >= 0.3 is 0 Å². The Labute approximate surface area is 163 Å². The minimum absolute atomic E-state index is 0.0131. The van der Waals surface area contributed by atoms with E-state index < -0.39 is 0 Å². The van der Waals surface area contributed by atoms with Crippen molar-refractivity contribution in [2.24, 2.45) is 5.92 Å². The zero-order valence-electron chi connectivity index (χ0n) is 16.0. The smallest absolute Gasteiger partial charge is 0.262 e. The van der Waals surface area contributed by atoms with Gasteiger partial charge in [0.15, 0.2) is 5.16 Å². The maximum atomic E-state index is 13.0. The van der Waals surface area contributed by atoms with E-state index in [0.717, 1.165) is 19.3 Å². The molecule has 2 aliphatic carbocycles. The lowest BCUT2D eigenvalue weighted by atomic mass is 9.86. The van der Waals surface area contributed by atoms with Crippen molar-refractivity contribution in [2.45, 2.75) is 74.9 Å². The summed E-state index contributed by atoms with van der Waals surface area (Å²) >= 11 is 1.41. The van der Waals surface area contributed by atoms with Gasteiger partial charge in [-0.3, -0.25) is 14.2 Å². The molecule has 5 nitrogen and oxygen atoms in total. The highest BCUT2D eigenvalue weighted by molar-refractivity contribution is 8.00. The second-order valence-electron chi connectivity index (χ2n) is 7.95. The first-order chi connectivity index (χ1) is 13.0. The topological polar surface area (TPSA) is 64.0 Å². The number of aromatic nitrogens is 2. The van der Waals surface area contributed by atoms with Gasteiger partial charge in [0, 0.05) is 12.1 Å². The van der Waals surface area contributed by atoms with E-state index in [9.17, 15) is 9.59 Å². The van der Waals surface area contributed by atoms with Crippen LogP contribution in [0, 0.1) is 5.92 Å². The fourth-order valence-electron chi connectivity index (χ4n) is 3.91. The first kappa shape index (κ1) is 18.5. The Bertz CT molecular complexity index is 906. The van der Waals surface area contributed by atoms with Crippen molar-refractivity contribution >= 4 is 28.6 Å². The molecule has 1 N–H and O–H groups in total. The second kappa shape index (κ2) is 7.66. The van der Waals surface area contributed by atoms with Crippen LogP contribution >= 0.6 is 11.8 Å². The largest absolute Gasteiger partial charge is 0.352 e. The van der Waals surface area contributed by atoms with Crippen LogP contribution in [-0.4, -0.2) is 26.8 Å². The van der Waals surface area contributed by atoms with Gasteiger partial charge in [0.2, 0.25) is 5.91 Å². The molecule has 3 atom stereocenters. The summed E-state index contributed by atoms with van der Waals surface area (Å²) in [5, 5.41) is 4.27. The summed E-state index contributed by atoms with van der Waals surface area (Å²) in [5.41, 5.74) is 0.717. The van der Waals surface area contributed by atoms with Gasteiger partial charge in [0.1, 0.15) is 0 Å². The molecule has 1 aromatic carbocycles. The number of amides is 1. The molecule has 6 heteroatoms. The minimum Gasteiger partial charge on any atom is -0.352 e. The Morgan fingerprint density at radius 2 is 1.96 bits per heavy atom. The summed E-state index contributed by atoms with van der Waals surface area (Å²) in [6, 6.07) is 7.96. The molecule has 1 aromatic heterocycles. The van der Waals surface area contributed by atoms with Gasteiger partial charge in [-0.05, 0) is 50.7 Å². The number of carbonyl (C=O) groups is 1. The summed E-state index contributed by atoms with van der Waals surface area (Å²) in [6.45, 7) is 4.13. The normalized spacial score (nSPS) is 23.9. The summed E-state index contributed by atoms with van der Waals surface area (Å²) in [4.78, 5) is 30.4. The highest BCUT2D eigenvalue weighted by atomic mass is 32.2. The Kier molecular flexibility index (Phi) is 5.26. The fraction of sp³-hybridized carbons (Fsp3) is 0.571. The van der Waals surface area contributed by atoms with Crippen molar-refractivity contribution in [3.8, 4) is 0 Å². The molecule has 2 aromatic rings. The van der Waals surface area contributed by atoms with E-state index in [1.165, 1.54) is 31.0 Å². The Morgan fingerprint density at radius 3 is 2.70 bits per heavy atom. The summed E-state index contributed by atoms with van der Waals surface area (Å²) in [5.74, 6) is 0.576. The molecule has 1 heterocycles. The maximum absolute atomic E-state index is 13.0. The number of hydrogen-bond donors (Lipinski definition) is 1. The maximum Gasteiger partial charge on any atom is 0.262 e. The van der Waals surface area contributed by atoms with Crippen LogP contribution in [0.3, 0.4) is 0 Å². The predicted molar refractivity (Wildman–Crippen MR) is 109 cm³/mol. The number of fused-ring (bicyclic) bond motifs is 1. The van der Waals surface area contributed by atoms with Crippen molar-refractivity contribution in [1.82, 2.24) is 14.9 Å². The molecule has 144 valence electrons. The molecule has 27 heavy (non-hydrogen) atoms.